The van der Waals surface area contributed by atoms with Gasteiger partial charge in [0.1, 0.15) is 0 Å². The van der Waals surface area contributed by atoms with Crippen LogP contribution in [-0.2, 0) is 28.6 Å². The first-order valence-corrected chi connectivity index (χ1v) is 9.12. The van der Waals surface area contributed by atoms with Crippen LogP contribution in [0.25, 0.3) is 0 Å². The molecule has 3 rings (SSSR count). The Labute approximate surface area is 147 Å². The average Bonchev–Trinajstić information content (AvgIpc) is 2.63. The highest BCUT2D eigenvalue weighted by Crippen LogP contribution is 2.38. The van der Waals surface area contributed by atoms with Gasteiger partial charge in [0, 0.05) is 11.8 Å². The van der Waals surface area contributed by atoms with Crippen molar-refractivity contribution in [3.8, 4) is 0 Å². The summed E-state index contributed by atoms with van der Waals surface area (Å²) in [6.07, 6.45) is 7.42. The number of methoxy groups -OCH3 is 1. The third kappa shape index (κ3) is 3.58. The van der Waals surface area contributed by atoms with Crippen molar-refractivity contribution in [1.29, 1.82) is 0 Å². The van der Waals surface area contributed by atoms with Crippen molar-refractivity contribution in [1.82, 2.24) is 0 Å². The molecule has 6 heteroatoms. The summed E-state index contributed by atoms with van der Waals surface area (Å²) < 4.78 is 16.0. The molecule has 25 heavy (non-hydrogen) atoms. The van der Waals surface area contributed by atoms with Crippen LogP contribution in [0.1, 0.15) is 32.6 Å². The Hall–Kier alpha value is -1.85. The van der Waals surface area contributed by atoms with Crippen molar-refractivity contribution in [2.45, 2.75) is 32.6 Å². The predicted octanol–water partition coefficient (Wildman–Crippen LogP) is 2.12. The number of hydrogen-bond acceptors (Lipinski definition) is 6. The molecule has 0 aromatic heterocycles. The largest absolute Gasteiger partial charge is 0.469 e. The van der Waals surface area contributed by atoms with Crippen molar-refractivity contribution in [2.75, 3.05) is 20.3 Å². The lowest BCUT2D eigenvalue weighted by Crippen LogP contribution is -2.45. The van der Waals surface area contributed by atoms with Gasteiger partial charge in [0.25, 0.3) is 0 Å². The van der Waals surface area contributed by atoms with Crippen LogP contribution in [0.15, 0.2) is 12.2 Å². The van der Waals surface area contributed by atoms with Gasteiger partial charge in [-0.2, -0.15) is 0 Å². The second-order valence-electron chi connectivity index (χ2n) is 7.39. The minimum Gasteiger partial charge on any atom is -0.469 e. The predicted molar refractivity (Wildman–Crippen MR) is 88.2 cm³/mol. The quantitative estimate of drug-likeness (QED) is 0.409. The molecule has 0 N–H and O–H groups in total. The molecule has 1 heterocycles. The molecule has 0 spiro atoms. The number of cyclic esters (lactones) is 2. The van der Waals surface area contributed by atoms with Crippen LogP contribution in [0.5, 0.6) is 0 Å². The molecule has 0 radical (unpaired) electrons. The summed E-state index contributed by atoms with van der Waals surface area (Å²) in [4.78, 5) is 37.5. The average molecular weight is 350 g/mol. The van der Waals surface area contributed by atoms with E-state index in [1.54, 1.807) is 0 Å². The number of carbonyl (C=O) groups excluding carboxylic acids is 3. The van der Waals surface area contributed by atoms with E-state index in [9.17, 15) is 14.4 Å². The van der Waals surface area contributed by atoms with Gasteiger partial charge in [0.15, 0.2) is 0 Å². The minimum atomic E-state index is -0.680. The summed E-state index contributed by atoms with van der Waals surface area (Å²) in [5.74, 6) is -3.01. The molecular weight excluding hydrogens is 324 g/mol. The van der Waals surface area contributed by atoms with Crippen LogP contribution >= 0.6 is 0 Å². The van der Waals surface area contributed by atoms with E-state index >= 15 is 0 Å². The van der Waals surface area contributed by atoms with Crippen molar-refractivity contribution >= 4 is 17.9 Å². The molecule has 1 aliphatic heterocycles. The standard InChI is InChI=1S/C19H26O6/c1-11-7-8-13-10-24-17(20)14-6-4-3-5-12(14)9-25-19(22)16(13)15(11)18(21)23-2/h7-8,11-16H,3-6,9-10H2,1-2H3/t11-,12-,13-,14+,15+,16+/m0/s1. The first-order chi connectivity index (χ1) is 12.0. The van der Waals surface area contributed by atoms with Gasteiger partial charge in [0.05, 0.1) is 38.1 Å². The first kappa shape index (κ1) is 18.0. The Morgan fingerprint density at radius 2 is 1.80 bits per heavy atom. The van der Waals surface area contributed by atoms with E-state index in [1.807, 2.05) is 19.1 Å². The maximum Gasteiger partial charge on any atom is 0.310 e. The van der Waals surface area contributed by atoms with Crippen LogP contribution in [0.4, 0.5) is 0 Å². The fourth-order valence-electron chi connectivity index (χ4n) is 4.42. The molecule has 1 saturated heterocycles. The molecule has 2 aliphatic carbocycles. The van der Waals surface area contributed by atoms with Crippen molar-refractivity contribution < 1.29 is 28.6 Å². The Balaban J connectivity index is 1.86. The lowest BCUT2D eigenvalue weighted by molar-refractivity contribution is -0.172. The maximum absolute atomic E-state index is 12.8. The van der Waals surface area contributed by atoms with Crippen LogP contribution in [0.3, 0.4) is 0 Å². The molecule has 3 aliphatic rings. The van der Waals surface area contributed by atoms with Gasteiger partial charge >= 0.3 is 17.9 Å². The highest BCUT2D eigenvalue weighted by Gasteiger charge is 2.47. The van der Waals surface area contributed by atoms with E-state index in [1.165, 1.54) is 7.11 Å². The fraction of sp³-hybridized carbons (Fsp3) is 0.737. The topological polar surface area (TPSA) is 78.9 Å². The smallest absolute Gasteiger partial charge is 0.310 e. The van der Waals surface area contributed by atoms with Gasteiger partial charge in [-0.3, -0.25) is 14.4 Å². The molecule has 0 unspecified atom stereocenters. The molecule has 0 amide bonds. The zero-order valence-corrected chi connectivity index (χ0v) is 14.8. The zero-order chi connectivity index (χ0) is 18.0. The Morgan fingerprint density at radius 3 is 2.56 bits per heavy atom. The normalized spacial score (nSPS) is 38.6. The van der Waals surface area contributed by atoms with Gasteiger partial charge in [-0.25, -0.2) is 0 Å². The second kappa shape index (κ2) is 7.58. The zero-order valence-electron chi connectivity index (χ0n) is 14.8. The lowest BCUT2D eigenvalue weighted by atomic mass is 9.71. The molecule has 138 valence electrons. The molecule has 0 aromatic carbocycles. The number of fused-ring (bicyclic) bond motifs is 2. The van der Waals surface area contributed by atoms with Crippen molar-refractivity contribution in [3.63, 3.8) is 0 Å². The Kier molecular flexibility index (Phi) is 5.45. The van der Waals surface area contributed by atoms with Gasteiger partial charge in [-0.1, -0.05) is 31.9 Å². The van der Waals surface area contributed by atoms with E-state index in [-0.39, 0.29) is 48.8 Å². The van der Waals surface area contributed by atoms with Gasteiger partial charge in [0.2, 0.25) is 0 Å². The molecular formula is C19H26O6. The molecule has 6 atom stereocenters. The number of esters is 3. The highest BCUT2D eigenvalue weighted by atomic mass is 16.5. The Bertz CT molecular complexity index is 568. The SMILES string of the molecule is COC(=O)[C@H]1[C@@H]2C(=O)OC[C@@H]3CCCC[C@H]3C(=O)OC[C@@H]2C=C[C@@H]1C. The summed E-state index contributed by atoms with van der Waals surface area (Å²) in [6.45, 7) is 2.19. The van der Waals surface area contributed by atoms with Gasteiger partial charge in [-0.15, -0.1) is 0 Å². The first-order valence-electron chi connectivity index (χ1n) is 9.12. The summed E-state index contributed by atoms with van der Waals surface area (Å²) >= 11 is 0. The maximum atomic E-state index is 12.8. The van der Waals surface area contributed by atoms with Crippen molar-refractivity contribution in [3.05, 3.63) is 12.2 Å². The third-order valence-electron chi connectivity index (χ3n) is 5.89. The summed E-state index contributed by atoms with van der Waals surface area (Å²) in [7, 11) is 1.32. The molecule has 6 nitrogen and oxygen atoms in total. The minimum absolute atomic E-state index is 0.00915. The molecule has 0 aromatic rings. The third-order valence-corrected chi connectivity index (χ3v) is 5.89. The van der Waals surface area contributed by atoms with Crippen LogP contribution in [0, 0.1) is 35.5 Å². The number of ether oxygens (including phenoxy) is 3. The van der Waals surface area contributed by atoms with Crippen LogP contribution in [0.2, 0.25) is 0 Å². The Morgan fingerprint density at radius 1 is 1.08 bits per heavy atom. The molecule has 0 bridgehead atoms. The number of hydrogen-bond donors (Lipinski definition) is 0. The van der Waals surface area contributed by atoms with E-state index in [2.05, 4.69) is 0 Å². The second-order valence-corrected chi connectivity index (χ2v) is 7.39. The van der Waals surface area contributed by atoms with E-state index in [0.29, 0.717) is 0 Å². The van der Waals surface area contributed by atoms with Crippen LogP contribution < -0.4 is 0 Å². The van der Waals surface area contributed by atoms with Crippen LogP contribution in [-0.4, -0.2) is 38.2 Å². The number of allylic oxidation sites excluding steroid dienone is 1. The molecule has 1 saturated carbocycles. The highest BCUT2D eigenvalue weighted by molar-refractivity contribution is 5.83. The van der Waals surface area contributed by atoms with Gasteiger partial charge < -0.3 is 14.2 Å². The fourth-order valence-corrected chi connectivity index (χ4v) is 4.42. The summed E-state index contributed by atoms with van der Waals surface area (Å²) in [5, 5.41) is 0. The van der Waals surface area contributed by atoms with Crippen molar-refractivity contribution in [2.24, 2.45) is 35.5 Å². The number of rotatable bonds is 1. The summed E-state index contributed by atoms with van der Waals surface area (Å²) in [6, 6.07) is 0. The van der Waals surface area contributed by atoms with E-state index in [4.69, 9.17) is 14.2 Å². The number of carbonyl (C=O) groups is 3. The lowest BCUT2D eigenvalue weighted by Gasteiger charge is -2.37. The van der Waals surface area contributed by atoms with Gasteiger partial charge in [-0.05, 0) is 18.8 Å². The van der Waals surface area contributed by atoms with E-state index in [0.717, 1.165) is 25.7 Å². The van der Waals surface area contributed by atoms with E-state index < -0.39 is 17.8 Å². The molecule has 2 fully saturated rings. The summed E-state index contributed by atoms with van der Waals surface area (Å²) in [5.41, 5.74) is 0. The monoisotopic (exact) mass is 350 g/mol.